The maximum atomic E-state index is 11.9. The summed E-state index contributed by atoms with van der Waals surface area (Å²) < 4.78 is 1.29. The van der Waals surface area contributed by atoms with Crippen molar-refractivity contribution in [3.8, 4) is 11.5 Å². The first-order valence-electron chi connectivity index (χ1n) is 31.8. The lowest BCUT2D eigenvalue weighted by Gasteiger charge is -2.40. The van der Waals surface area contributed by atoms with Gasteiger partial charge in [0.1, 0.15) is 11.5 Å². The van der Waals surface area contributed by atoms with Crippen LogP contribution in [-0.2, 0) is 10.8 Å². The van der Waals surface area contributed by atoms with E-state index in [-0.39, 0.29) is 119 Å². The average Bonchev–Trinajstić information content (AvgIpc) is 3.37. The predicted octanol–water partition coefficient (Wildman–Crippen LogP) is 7.59. The van der Waals surface area contributed by atoms with E-state index in [0.29, 0.717) is 23.3 Å². The van der Waals surface area contributed by atoms with E-state index in [1.54, 1.807) is 0 Å². The van der Waals surface area contributed by atoms with Crippen LogP contribution in [0.1, 0.15) is 316 Å². The zero-order valence-electron chi connectivity index (χ0n) is 53.3. The van der Waals surface area contributed by atoms with Crippen LogP contribution in [0.25, 0.3) is 0 Å². The number of phenolic OH excluding ortho intramolecular Hbond substituents is 2. The highest BCUT2D eigenvalue weighted by molar-refractivity contribution is 5.86. The first-order chi connectivity index (χ1) is 35.4. The summed E-state index contributed by atoms with van der Waals surface area (Å²) in [5.74, 6) is 1.69. The molecule has 0 heterocycles. The first-order valence-corrected chi connectivity index (χ1v) is 31.8. The predicted molar refractivity (Wildman–Crippen MR) is 329 cm³/mol. The average molecular weight is 1540 g/mol. The second-order valence-corrected chi connectivity index (χ2v) is 25.3. The van der Waals surface area contributed by atoms with Gasteiger partial charge in [0.25, 0.3) is 0 Å². The maximum Gasteiger partial charge on any atom is 0.128 e. The van der Waals surface area contributed by atoms with E-state index in [4.69, 9.17) is 9.98 Å². The number of unbranched alkanes of at least 4 members (excludes halogenated alkanes) is 8. The topological polar surface area (TPSA) is 68.4 Å². The highest BCUT2D eigenvalue weighted by atomic mass is 127. The fraction of sp³-hybridized carbons (Fsp3) is 0.794. The molecule has 6 nitrogen and oxygen atoms in total. The standard InChI is InChI=1S/C56H95N3O2.C12H27N.4HI/c1-13-19-28-44(29-20-14-2)46-38-48(54(61)50(40-46)56(10,11)12)42-58-52-32-25-24-31-51(52)57-41-47-37-45(39-49(53(47)60)55(7,8)9)43(27-18-6)30-26-36-59(33-21-15-3,34-22-16-4)35-23-17-5;1-4-7-10-13(11-8-5-2)12-9-6-3;;;;/h37-44,51-52H,13-36H2,1-12H3,(H-,57,58,60,61);4-12H2,1-3H3;4*1H/p-3/t43?,51-,52-;;;;;/m0...../s1. The van der Waals surface area contributed by atoms with Crippen molar-refractivity contribution in [2.75, 3.05) is 45.8 Å². The Morgan fingerprint density at radius 2 is 0.782 bits per heavy atom. The Morgan fingerprint density at radius 1 is 0.462 bits per heavy atom. The van der Waals surface area contributed by atoms with Crippen LogP contribution in [0.3, 0.4) is 0 Å². The molecule has 458 valence electrons. The minimum absolute atomic E-state index is 0. The van der Waals surface area contributed by atoms with Gasteiger partial charge in [-0.15, -0.1) is 0 Å². The Bertz CT molecular complexity index is 1790. The molecule has 0 aromatic heterocycles. The third kappa shape index (κ3) is 30.9. The third-order valence-electron chi connectivity index (χ3n) is 16.5. The van der Waals surface area contributed by atoms with E-state index in [1.807, 2.05) is 12.4 Å². The lowest BCUT2D eigenvalue weighted by atomic mass is 9.80. The maximum absolute atomic E-state index is 11.9. The number of hydrogen-bond donors (Lipinski definition) is 2. The number of aliphatic imine (C=N–C) groups is 2. The van der Waals surface area contributed by atoms with E-state index in [1.165, 1.54) is 190 Å². The summed E-state index contributed by atoms with van der Waals surface area (Å²) >= 11 is 0. The van der Waals surface area contributed by atoms with Crippen molar-refractivity contribution < 1.29 is 111 Å². The first kappa shape index (κ1) is 82.4. The van der Waals surface area contributed by atoms with Crippen molar-refractivity contribution in [2.24, 2.45) is 9.98 Å². The van der Waals surface area contributed by atoms with E-state index >= 15 is 0 Å². The molecule has 1 fully saturated rings. The Labute approximate surface area is 553 Å². The molecule has 0 amide bonds. The molecule has 1 aliphatic rings. The normalized spacial score (nSPS) is 15.4. The number of phenols is 2. The summed E-state index contributed by atoms with van der Waals surface area (Å²) in [5.41, 5.74) is 6.05. The molecule has 78 heavy (non-hydrogen) atoms. The highest BCUT2D eigenvalue weighted by Crippen LogP contribution is 2.40. The second-order valence-electron chi connectivity index (χ2n) is 25.3. The van der Waals surface area contributed by atoms with Gasteiger partial charge in [-0.2, -0.15) is 0 Å². The molecule has 3 atom stereocenters. The van der Waals surface area contributed by atoms with Crippen LogP contribution in [0.5, 0.6) is 11.5 Å². The summed E-state index contributed by atoms with van der Waals surface area (Å²) in [6, 6.07) is 9.19. The zero-order valence-corrected chi connectivity index (χ0v) is 61.9. The lowest BCUT2D eigenvalue weighted by Crippen LogP contribution is -3.00. The van der Waals surface area contributed by atoms with Crippen molar-refractivity contribution >= 4 is 12.4 Å². The second kappa shape index (κ2) is 46.5. The van der Waals surface area contributed by atoms with E-state index in [2.05, 4.69) is 133 Å². The van der Waals surface area contributed by atoms with Crippen LogP contribution >= 0.6 is 0 Å². The van der Waals surface area contributed by atoms with Gasteiger partial charge >= 0.3 is 0 Å². The molecular formula is C68H123I4N4O2-3. The van der Waals surface area contributed by atoms with Crippen molar-refractivity contribution in [1.29, 1.82) is 0 Å². The van der Waals surface area contributed by atoms with Crippen LogP contribution in [0.15, 0.2) is 34.3 Å². The Balaban J connectivity index is -0.00000292. The molecule has 0 saturated heterocycles. The van der Waals surface area contributed by atoms with Gasteiger partial charge in [0.2, 0.25) is 0 Å². The molecule has 0 aliphatic heterocycles. The molecule has 0 bridgehead atoms. The van der Waals surface area contributed by atoms with Gasteiger partial charge in [0, 0.05) is 34.7 Å². The Morgan fingerprint density at radius 3 is 1.10 bits per heavy atom. The molecule has 2 N–H and O–H groups in total. The molecule has 1 saturated carbocycles. The van der Waals surface area contributed by atoms with Crippen LogP contribution < -0.4 is 95.9 Å². The summed E-state index contributed by atoms with van der Waals surface area (Å²) in [7, 11) is 0. The zero-order chi connectivity index (χ0) is 55.0. The van der Waals surface area contributed by atoms with Gasteiger partial charge in [0.05, 0.1) is 38.3 Å². The van der Waals surface area contributed by atoms with Gasteiger partial charge < -0.3 is 116 Å². The molecule has 0 spiro atoms. The van der Waals surface area contributed by atoms with Crippen molar-refractivity contribution in [2.45, 2.75) is 306 Å². The van der Waals surface area contributed by atoms with Crippen LogP contribution in [0.4, 0.5) is 0 Å². The van der Waals surface area contributed by atoms with Gasteiger partial charge in [-0.3, -0.25) is 9.98 Å². The molecule has 1 unspecified atom stereocenters. The summed E-state index contributed by atoms with van der Waals surface area (Å²) in [5, 5.41) is 23.6. The number of nitrogens with zero attached hydrogens (tertiary/aromatic N) is 4. The van der Waals surface area contributed by atoms with Gasteiger partial charge in [0.15, 0.2) is 0 Å². The molecule has 2 aromatic carbocycles. The summed E-state index contributed by atoms with van der Waals surface area (Å²) in [6.07, 6.45) is 36.0. The van der Waals surface area contributed by atoms with Crippen LogP contribution in [-0.4, -0.2) is 89.9 Å². The minimum atomic E-state index is -0.196. The smallest absolute Gasteiger partial charge is 0.128 e. The van der Waals surface area contributed by atoms with Gasteiger partial charge in [-0.05, 0) is 149 Å². The van der Waals surface area contributed by atoms with Gasteiger partial charge in [-0.25, -0.2) is 0 Å². The fourth-order valence-electron chi connectivity index (χ4n) is 11.5. The number of halogens is 4. The number of quaternary nitrogens is 1. The molecule has 0 radical (unpaired) electrons. The number of aromatic hydroxyl groups is 2. The van der Waals surface area contributed by atoms with E-state index < -0.39 is 0 Å². The molecule has 1 aliphatic carbocycles. The van der Waals surface area contributed by atoms with E-state index in [9.17, 15) is 10.2 Å². The quantitative estimate of drug-likeness (QED) is 0.0421. The monoisotopic (exact) mass is 1540 g/mol. The van der Waals surface area contributed by atoms with E-state index in [0.717, 1.165) is 60.8 Å². The largest absolute Gasteiger partial charge is 1.00 e. The Hall–Kier alpha value is 0.220. The molecule has 10 heteroatoms. The van der Waals surface area contributed by atoms with Crippen LogP contribution in [0.2, 0.25) is 0 Å². The molecule has 3 rings (SSSR count). The Kier molecular flexibility index (Phi) is 49.1. The van der Waals surface area contributed by atoms with Crippen molar-refractivity contribution in [1.82, 2.24) is 4.90 Å². The highest BCUT2D eigenvalue weighted by Gasteiger charge is 2.29. The fourth-order valence-corrected chi connectivity index (χ4v) is 11.5. The SMILES string of the molecule is CCCCC(CCCC)c1cc(C=N[C@H]2CCCC[C@@H]2N=Cc2cc(C(CCC)CCC[N+](CCCC)(CCCC)CCCC)cc(C(C)(C)C)c2O)c(O)c(C(C)(C)C)c1.CCCCN(CCCC)CCCC.[I-].[I-].[I-].[I-]. The minimum Gasteiger partial charge on any atom is -1.00 e. The molecule has 2 aromatic rings. The third-order valence-corrected chi connectivity index (χ3v) is 16.5. The van der Waals surface area contributed by atoms with Gasteiger partial charge in [-0.1, -0.05) is 199 Å². The number of rotatable bonds is 36. The number of hydrogen-bond acceptors (Lipinski definition) is 5. The molecular weight excluding hydrogens is 1410 g/mol. The van der Waals surface area contributed by atoms with Crippen molar-refractivity contribution in [3.63, 3.8) is 0 Å². The lowest BCUT2D eigenvalue weighted by molar-refractivity contribution is -0.929. The van der Waals surface area contributed by atoms with Crippen molar-refractivity contribution in [3.05, 3.63) is 57.6 Å². The summed E-state index contributed by atoms with van der Waals surface area (Å²) in [4.78, 5) is 13.2. The summed E-state index contributed by atoms with van der Waals surface area (Å²) in [6.45, 7) is 43.2. The number of benzene rings is 2. The van der Waals surface area contributed by atoms with Crippen LogP contribution in [0, 0.1) is 0 Å².